The normalized spacial score (nSPS) is 19.6. The second-order valence-electron chi connectivity index (χ2n) is 6.53. The van der Waals surface area contributed by atoms with Gasteiger partial charge in [-0.2, -0.15) is 0 Å². The van der Waals surface area contributed by atoms with Crippen LogP contribution in [0.15, 0.2) is 15.9 Å². The highest BCUT2D eigenvalue weighted by Gasteiger charge is 2.23. The van der Waals surface area contributed by atoms with E-state index in [2.05, 4.69) is 9.97 Å². The number of aromatic nitrogens is 4. The van der Waals surface area contributed by atoms with Crippen LogP contribution in [0.2, 0.25) is 0 Å². The fourth-order valence-electron chi connectivity index (χ4n) is 3.33. The summed E-state index contributed by atoms with van der Waals surface area (Å²) in [7, 11) is 0. The zero-order chi connectivity index (χ0) is 14.4. The molecular weight excluding hydrogens is 268 g/mol. The molecule has 6 nitrogen and oxygen atoms in total. The molecule has 4 rings (SSSR count). The Kier molecular flexibility index (Phi) is 2.97. The molecule has 6 heteroatoms. The van der Waals surface area contributed by atoms with Gasteiger partial charge in [-0.15, -0.1) is 0 Å². The Morgan fingerprint density at radius 1 is 1.10 bits per heavy atom. The minimum absolute atomic E-state index is 0.297. The number of hydrogen-bond donors (Lipinski definition) is 1. The smallest absolute Gasteiger partial charge is 0.316 e. The Balaban J connectivity index is 1.81. The van der Waals surface area contributed by atoms with Crippen LogP contribution in [0.5, 0.6) is 0 Å². The van der Waals surface area contributed by atoms with Crippen LogP contribution in [0.4, 0.5) is 0 Å². The van der Waals surface area contributed by atoms with Crippen LogP contribution in [0, 0.1) is 11.8 Å². The minimum Gasteiger partial charge on any atom is -0.316 e. The lowest BCUT2D eigenvalue weighted by Crippen LogP contribution is -2.34. The topological polar surface area (TPSA) is 72.7 Å². The van der Waals surface area contributed by atoms with Crippen molar-refractivity contribution in [3.05, 3.63) is 27.2 Å². The largest absolute Gasteiger partial charge is 0.330 e. The van der Waals surface area contributed by atoms with Crippen molar-refractivity contribution in [1.29, 1.82) is 0 Å². The SMILES string of the molecule is O=c1[nH]c(=O)n(CC2CCC2)c2c1ncn2CC1CCC1. The van der Waals surface area contributed by atoms with Gasteiger partial charge in [-0.25, -0.2) is 9.78 Å². The third kappa shape index (κ3) is 2.13. The predicted octanol–water partition coefficient (Wildman–Crippen LogP) is 1.49. The lowest BCUT2D eigenvalue weighted by Gasteiger charge is -2.28. The van der Waals surface area contributed by atoms with Crippen molar-refractivity contribution in [2.75, 3.05) is 0 Å². The van der Waals surface area contributed by atoms with Crippen molar-refractivity contribution >= 4 is 11.2 Å². The molecule has 0 aliphatic heterocycles. The van der Waals surface area contributed by atoms with Gasteiger partial charge in [-0.05, 0) is 37.5 Å². The summed E-state index contributed by atoms with van der Waals surface area (Å²) in [6, 6.07) is 0. The number of nitrogens with zero attached hydrogens (tertiary/aromatic N) is 3. The molecule has 0 amide bonds. The highest BCUT2D eigenvalue weighted by Crippen LogP contribution is 2.30. The van der Waals surface area contributed by atoms with Gasteiger partial charge in [0.05, 0.1) is 6.33 Å². The summed E-state index contributed by atoms with van der Waals surface area (Å²) < 4.78 is 3.74. The van der Waals surface area contributed by atoms with Crippen LogP contribution in [-0.4, -0.2) is 19.1 Å². The second kappa shape index (κ2) is 4.86. The zero-order valence-electron chi connectivity index (χ0n) is 12.0. The Bertz CT molecular complexity index is 777. The van der Waals surface area contributed by atoms with Crippen molar-refractivity contribution in [2.24, 2.45) is 11.8 Å². The molecule has 2 aromatic rings. The summed E-state index contributed by atoms with van der Waals surface area (Å²) in [6.07, 6.45) is 9.05. The van der Waals surface area contributed by atoms with Crippen molar-refractivity contribution < 1.29 is 0 Å². The minimum atomic E-state index is -0.368. The molecule has 0 spiro atoms. The first-order valence-electron chi connectivity index (χ1n) is 7.90. The zero-order valence-corrected chi connectivity index (χ0v) is 12.0. The van der Waals surface area contributed by atoms with Crippen LogP contribution >= 0.6 is 0 Å². The maximum absolute atomic E-state index is 12.2. The third-order valence-corrected chi connectivity index (χ3v) is 5.09. The number of imidazole rings is 1. The molecule has 0 unspecified atom stereocenters. The summed E-state index contributed by atoms with van der Waals surface area (Å²) in [5, 5.41) is 0. The first-order chi connectivity index (χ1) is 10.2. The molecule has 2 aliphatic carbocycles. The molecule has 2 aliphatic rings. The van der Waals surface area contributed by atoms with E-state index in [1.54, 1.807) is 10.9 Å². The van der Waals surface area contributed by atoms with Gasteiger partial charge in [0, 0.05) is 13.1 Å². The van der Waals surface area contributed by atoms with Crippen molar-refractivity contribution in [3.8, 4) is 0 Å². The van der Waals surface area contributed by atoms with Gasteiger partial charge < -0.3 is 4.57 Å². The van der Waals surface area contributed by atoms with E-state index in [1.807, 2.05) is 4.57 Å². The Morgan fingerprint density at radius 3 is 2.38 bits per heavy atom. The molecular formula is C15H20N4O2. The fraction of sp³-hybridized carbons (Fsp3) is 0.667. The van der Waals surface area contributed by atoms with E-state index in [4.69, 9.17) is 0 Å². The first-order valence-corrected chi connectivity index (χ1v) is 7.90. The third-order valence-electron chi connectivity index (χ3n) is 5.09. The number of H-pyrrole nitrogens is 1. The van der Waals surface area contributed by atoms with Gasteiger partial charge in [0.2, 0.25) is 0 Å². The summed E-state index contributed by atoms with van der Waals surface area (Å²) in [6.45, 7) is 1.56. The van der Waals surface area contributed by atoms with Crippen molar-refractivity contribution in [2.45, 2.75) is 51.6 Å². The van der Waals surface area contributed by atoms with Crippen LogP contribution in [0.1, 0.15) is 38.5 Å². The van der Waals surface area contributed by atoms with Crippen molar-refractivity contribution in [1.82, 2.24) is 19.1 Å². The molecule has 0 atom stereocenters. The highest BCUT2D eigenvalue weighted by atomic mass is 16.2. The molecule has 2 saturated carbocycles. The number of rotatable bonds is 4. The lowest BCUT2D eigenvalue weighted by atomic mass is 9.85. The van der Waals surface area contributed by atoms with E-state index in [0.717, 1.165) is 6.54 Å². The van der Waals surface area contributed by atoms with E-state index >= 15 is 0 Å². The van der Waals surface area contributed by atoms with E-state index in [9.17, 15) is 9.59 Å². The molecule has 1 N–H and O–H groups in total. The number of aromatic amines is 1. The standard InChI is InChI=1S/C15H20N4O2/c20-13-12-14(18(9-16-12)7-10-3-1-4-10)19(15(21)17-13)8-11-5-2-6-11/h9-11H,1-8H2,(H,17,20,21). The second-order valence-corrected chi connectivity index (χ2v) is 6.53. The maximum atomic E-state index is 12.2. The average Bonchev–Trinajstić information content (AvgIpc) is 2.76. The fourth-order valence-corrected chi connectivity index (χ4v) is 3.33. The average molecular weight is 288 g/mol. The summed E-state index contributed by atoms with van der Waals surface area (Å²) in [4.78, 5) is 30.8. The van der Waals surface area contributed by atoms with Crippen LogP contribution in [0.25, 0.3) is 11.2 Å². The van der Waals surface area contributed by atoms with E-state index in [1.165, 1.54) is 38.5 Å². The van der Waals surface area contributed by atoms with Gasteiger partial charge in [0.15, 0.2) is 5.52 Å². The molecule has 0 saturated heterocycles. The Labute approximate surface area is 121 Å². The molecule has 2 fully saturated rings. The number of fused-ring (bicyclic) bond motifs is 1. The first kappa shape index (κ1) is 12.9. The Hall–Kier alpha value is -1.85. The van der Waals surface area contributed by atoms with Crippen LogP contribution < -0.4 is 11.2 Å². The molecule has 0 bridgehead atoms. The van der Waals surface area contributed by atoms with E-state index < -0.39 is 0 Å². The lowest BCUT2D eigenvalue weighted by molar-refractivity contribution is 0.266. The van der Waals surface area contributed by atoms with Gasteiger partial charge in [0.25, 0.3) is 5.56 Å². The summed E-state index contributed by atoms with van der Waals surface area (Å²) >= 11 is 0. The maximum Gasteiger partial charge on any atom is 0.330 e. The summed E-state index contributed by atoms with van der Waals surface area (Å²) in [5.74, 6) is 1.22. The van der Waals surface area contributed by atoms with Gasteiger partial charge in [0.1, 0.15) is 5.65 Å². The molecule has 0 aromatic carbocycles. The number of hydrogen-bond acceptors (Lipinski definition) is 3. The van der Waals surface area contributed by atoms with Gasteiger partial charge in [-0.3, -0.25) is 14.3 Å². The van der Waals surface area contributed by atoms with E-state index in [0.29, 0.717) is 29.5 Å². The molecule has 0 radical (unpaired) electrons. The Morgan fingerprint density at radius 2 is 1.76 bits per heavy atom. The van der Waals surface area contributed by atoms with E-state index in [-0.39, 0.29) is 11.2 Å². The van der Waals surface area contributed by atoms with Gasteiger partial charge >= 0.3 is 5.69 Å². The number of nitrogens with one attached hydrogen (secondary N) is 1. The van der Waals surface area contributed by atoms with Crippen LogP contribution in [0.3, 0.4) is 0 Å². The molecule has 21 heavy (non-hydrogen) atoms. The molecule has 112 valence electrons. The highest BCUT2D eigenvalue weighted by molar-refractivity contribution is 5.69. The quantitative estimate of drug-likeness (QED) is 0.926. The molecule has 2 heterocycles. The summed E-state index contributed by atoms with van der Waals surface area (Å²) in [5.41, 5.74) is 0.442. The molecule has 2 aromatic heterocycles. The van der Waals surface area contributed by atoms with Crippen molar-refractivity contribution in [3.63, 3.8) is 0 Å². The predicted molar refractivity (Wildman–Crippen MR) is 79.3 cm³/mol. The van der Waals surface area contributed by atoms with Gasteiger partial charge in [-0.1, -0.05) is 12.8 Å². The van der Waals surface area contributed by atoms with Crippen LogP contribution in [-0.2, 0) is 13.1 Å². The monoisotopic (exact) mass is 288 g/mol.